The Morgan fingerprint density at radius 3 is 2.32 bits per heavy atom. The summed E-state index contributed by atoms with van der Waals surface area (Å²) in [6.07, 6.45) is -9.56. The van der Waals surface area contributed by atoms with Gasteiger partial charge < -0.3 is 19.6 Å². The second kappa shape index (κ2) is 11.7. The van der Waals surface area contributed by atoms with E-state index < -0.39 is 35.6 Å². The lowest BCUT2D eigenvalue weighted by Gasteiger charge is -2.42. The van der Waals surface area contributed by atoms with Gasteiger partial charge in [-0.1, -0.05) is 12.0 Å². The average Bonchev–Trinajstić information content (AvgIpc) is 3.29. The number of rotatable bonds is 8. The molecule has 1 aliphatic rings. The van der Waals surface area contributed by atoms with Gasteiger partial charge in [0.2, 0.25) is 0 Å². The van der Waals surface area contributed by atoms with Crippen LogP contribution in [0.4, 0.5) is 37.1 Å². The minimum absolute atomic E-state index is 0.000305. The largest absolute Gasteiger partial charge is 0.447 e. The van der Waals surface area contributed by atoms with Crippen molar-refractivity contribution in [2.45, 2.75) is 83.7 Å². The second-order valence-corrected chi connectivity index (χ2v) is 9.32. The zero-order valence-corrected chi connectivity index (χ0v) is 21.1. The van der Waals surface area contributed by atoms with Gasteiger partial charge >= 0.3 is 18.4 Å². The maximum Gasteiger partial charge on any atom is 0.416 e. The number of carbonyl (C=O) groups excluding carboxylic acids is 1. The minimum Gasteiger partial charge on any atom is -0.447 e. The molecule has 0 aliphatic carbocycles. The van der Waals surface area contributed by atoms with E-state index >= 15 is 0 Å². The van der Waals surface area contributed by atoms with Crippen LogP contribution in [-0.2, 0) is 30.2 Å². The quantitative estimate of drug-likeness (QED) is 0.482. The number of hydrogen-bond acceptors (Lipinski definition) is 7. The molecule has 1 amide bonds. The Kier molecular flexibility index (Phi) is 9.10. The summed E-state index contributed by atoms with van der Waals surface area (Å²) in [5.41, 5.74) is -3.07. The topological polar surface area (TPSA) is 96.6 Å². The lowest BCUT2D eigenvalue weighted by Crippen LogP contribution is -2.52. The van der Waals surface area contributed by atoms with Gasteiger partial charge in [0.1, 0.15) is 0 Å². The molecule has 1 aromatic carbocycles. The highest BCUT2D eigenvalue weighted by Crippen LogP contribution is 2.37. The van der Waals surface area contributed by atoms with Crippen LogP contribution in [0.1, 0.15) is 56.7 Å². The van der Waals surface area contributed by atoms with Crippen molar-refractivity contribution in [3.63, 3.8) is 0 Å². The average molecular weight is 553 g/mol. The number of ether oxygens (including phenoxy) is 1. The highest BCUT2D eigenvalue weighted by molar-refractivity contribution is 5.68. The number of hydrogen-bond donors (Lipinski definition) is 1. The molecule has 1 N–H and O–H groups in total. The van der Waals surface area contributed by atoms with E-state index in [0.717, 1.165) is 4.80 Å². The smallest absolute Gasteiger partial charge is 0.416 e. The molecule has 38 heavy (non-hydrogen) atoms. The summed E-state index contributed by atoms with van der Waals surface area (Å²) in [4.78, 5) is 16.7. The summed E-state index contributed by atoms with van der Waals surface area (Å²) in [7, 11) is 0. The first-order chi connectivity index (χ1) is 17.7. The van der Waals surface area contributed by atoms with Crippen LogP contribution in [-0.4, -0.2) is 67.6 Å². The lowest BCUT2D eigenvalue weighted by molar-refractivity contribution is -0.143. The molecule has 0 saturated carbocycles. The van der Waals surface area contributed by atoms with Crippen LogP contribution in [0, 0.1) is 0 Å². The van der Waals surface area contributed by atoms with Crippen molar-refractivity contribution in [1.29, 1.82) is 0 Å². The van der Waals surface area contributed by atoms with Crippen molar-refractivity contribution < 1.29 is 41.0 Å². The fourth-order valence-corrected chi connectivity index (χ4v) is 4.41. The van der Waals surface area contributed by atoms with Crippen molar-refractivity contribution in [1.82, 2.24) is 25.1 Å². The first kappa shape index (κ1) is 29.5. The van der Waals surface area contributed by atoms with Gasteiger partial charge in [0.15, 0.2) is 0 Å². The molecule has 2 atom stereocenters. The lowest BCUT2D eigenvalue weighted by atomic mass is 9.94. The molecule has 0 spiro atoms. The van der Waals surface area contributed by atoms with Gasteiger partial charge in [-0.05, 0) is 62.1 Å². The van der Waals surface area contributed by atoms with Gasteiger partial charge in [-0.3, -0.25) is 0 Å². The molecule has 0 radical (unpaired) electrons. The normalized spacial score (nSPS) is 18.7. The number of aliphatic hydroxyl groups is 1. The van der Waals surface area contributed by atoms with E-state index in [1.165, 1.54) is 4.90 Å². The zero-order valence-electron chi connectivity index (χ0n) is 21.1. The monoisotopic (exact) mass is 552 g/mol. The number of piperidine rings is 1. The first-order valence-corrected chi connectivity index (χ1v) is 12.1. The maximum absolute atomic E-state index is 13.5. The number of benzene rings is 1. The molecule has 0 bridgehead atoms. The van der Waals surface area contributed by atoms with E-state index in [2.05, 4.69) is 15.4 Å². The van der Waals surface area contributed by atoms with Crippen LogP contribution in [0.5, 0.6) is 0 Å². The SMILES string of the molecule is CC[C@@H]1C[C@H](N(Cc2cc(C(F)(F)F)cc(C(F)(F)F)c2)c2nnn(CCO)n2)CCN1C(=O)OC(C)C. The number of likely N-dealkylation sites (tertiary alicyclic amines) is 1. The predicted octanol–water partition coefficient (Wildman–Crippen LogP) is 4.50. The first-order valence-electron chi connectivity index (χ1n) is 12.1. The zero-order chi connectivity index (χ0) is 28.3. The molecule has 1 saturated heterocycles. The third kappa shape index (κ3) is 7.26. The summed E-state index contributed by atoms with van der Waals surface area (Å²) in [6, 6.07) is 0.704. The summed E-state index contributed by atoms with van der Waals surface area (Å²) in [6.45, 7) is 4.90. The van der Waals surface area contributed by atoms with Gasteiger partial charge in [0, 0.05) is 25.2 Å². The third-order valence-electron chi connectivity index (χ3n) is 6.17. The number of aromatic nitrogens is 4. The van der Waals surface area contributed by atoms with Gasteiger partial charge in [-0.25, -0.2) is 4.79 Å². The van der Waals surface area contributed by atoms with Gasteiger partial charge in [-0.15, -0.1) is 5.10 Å². The number of tetrazole rings is 1. The fourth-order valence-electron chi connectivity index (χ4n) is 4.41. The Morgan fingerprint density at radius 1 is 1.16 bits per heavy atom. The van der Waals surface area contributed by atoms with Crippen LogP contribution >= 0.6 is 0 Å². The Bertz CT molecular complexity index is 1060. The molecule has 1 aromatic heterocycles. The van der Waals surface area contributed by atoms with E-state index in [-0.39, 0.29) is 56.0 Å². The van der Waals surface area contributed by atoms with Crippen LogP contribution in [0.15, 0.2) is 18.2 Å². The fraction of sp³-hybridized carbons (Fsp3) is 0.652. The van der Waals surface area contributed by atoms with Crippen LogP contribution in [0.3, 0.4) is 0 Å². The van der Waals surface area contributed by atoms with Gasteiger partial charge in [-0.2, -0.15) is 31.1 Å². The summed E-state index contributed by atoms with van der Waals surface area (Å²) in [5.74, 6) is -0.0116. The number of anilines is 1. The number of amides is 1. The van der Waals surface area contributed by atoms with E-state index in [1.54, 1.807) is 18.7 Å². The number of aliphatic hydroxyl groups excluding tert-OH is 1. The van der Waals surface area contributed by atoms with Crippen molar-refractivity contribution in [3.05, 3.63) is 34.9 Å². The molecule has 1 fully saturated rings. The second-order valence-electron chi connectivity index (χ2n) is 9.32. The van der Waals surface area contributed by atoms with Gasteiger partial charge in [0.05, 0.1) is 30.4 Å². The number of carbonyl (C=O) groups is 1. The standard InChI is InChI=1S/C23H30F6N6O3/c1-4-18-12-19(5-6-33(18)21(37)38-14(2)3)34(20-30-32-35(31-20)7-8-36)13-15-9-16(22(24,25)26)11-17(10-15)23(27,28)29/h9-11,14,18-19,36H,4-8,12-13H2,1-3H3/t18-,19-/m1/s1. The van der Waals surface area contributed by atoms with Crippen molar-refractivity contribution in [2.75, 3.05) is 18.1 Å². The molecule has 212 valence electrons. The van der Waals surface area contributed by atoms with E-state index in [0.29, 0.717) is 31.4 Å². The van der Waals surface area contributed by atoms with Crippen molar-refractivity contribution in [2.24, 2.45) is 0 Å². The third-order valence-corrected chi connectivity index (χ3v) is 6.17. The molecule has 3 rings (SSSR count). The molecule has 9 nitrogen and oxygen atoms in total. The summed E-state index contributed by atoms with van der Waals surface area (Å²) >= 11 is 0. The van der Waals surface area contributed by atoms with E-state index in [1.807, 2.05) is 6.92 Å². The number of nitrogens with zero attached hydrogens (tertiary/aromatic N) is 6. The molecule has 1 aliphatic heterocycles. The van der Waals surface area contributed by atoms with Gasteiger partial charge in [0.25, 0.3) is 5.95 Å². The predicted molar refractivity (Wildman–Crippen MR) is 123 cm³/mol. The van der Waals surface area contributed by atoms with E-state index in [9.17, 15) is 36.2 Å². The molecule has 2 heterocycles. The molecule has 0 unspecified atom stereocenters. The molecule has 15 heteroatoms. The number of halogens is 6. The highest BCUT2D eigenvalue weighted by Gasteiger charge is 2.39. The van der Waals surface area contributed by atoms with Crippen LogP contribution in [0.25, 0.3) is 0 Å². The summed E-state index contributed by atoms with van der Waals surface area (Å²) in [5, 5.41) is 21.1. The molecular formula is C23H30F6N6O3. The van der Waals surface area contributed by atoms with Crippen LogP contribution < -0.4 is 4.90 Å². The van der Waals surface area contributed by atoms with E-state index in [4.69, 9.17) is 4.74 Å². The Balaban J connectivity index is 1.98. The Labute approximate surface area is 215 Å². The molecular weight excluding hydrogens is 522 g/mol. The summed E-state index contributed by atoms with van der Waals surface area (Å²) < 4.78 is 86.0. The Hall–Kier alpha value is -3.10. The van der Waals surface area contributed by atoms with Crippen molar-refractivity contribution >= 4 is 12.0 Å². The van der Waals surface area contributed by atoms with Crippen LogP contribution in [0.2, 0.25) is 0 Å². The minimum atomic E-state index is -4.99. The maximum atomic E-state index is 13.5. The Morgan fingerprint density at radius 2 is 1.79 bits per heavy atom. The number of alkyl halides is 6. The van der Waals surface area contributed by atoms with Crippen molar-refractivity contribution in [3.8, 4) is 0 Å². The highest BCUT2D eigenvalue weighted by atomic mass is 19.4. The molecule has 2 aromatic rings.